The van der Waals surface area contributed by atoms with E-state index in [4.69, 9.17) is 15.2 Å². The number of hydrogen-bond acceptors (Lipinski definition) is 4. The van der Waals surface area contributed by atoms with Crippen molar-refractivity contribution in [2.75, 3.05) is 32.9 Å². The summed E-state index contributed by atoms with van der Waals surface area (Å²) in [6, 6.07) is 6.20. The van der Waals surface area contributed by atoms with Crippen LogP contribution >= 0.6 is 12.4 Å². The average molecular weight is 345 g/mol. The van der Waals surface area contributed by atoms with Crippen LogP contribution in [0.2, 0.25) is 0 Å². The van der Waals surface area contributed by atoms with Gasteiger partial charge in [0, 0.05) is 19.8 Å². The lowest BCUT2D eigenvalue weighted by Gasteiger charge is -2.40. The van der Waals surface area contributed by atoms with Gasteiger partial charge in [0.15, 0.2) is 0 Å². The lowest BCUT2D eigenvalue weighted by Crippen LogP contribution is -2.60. The lowest BCUT2D eigenvalue weighted by molar-refractivity contribution is -0.148. The number of nitrogens with zero attached hydrogens (tertiary/aromatic N) is 1. The first-order chi connectivity index (χ1) is 10.6. The number of amides is 1. The van der Waals surface area contributed by atoms with Crippen LogP contribution in [0.4, 0.5) is 4.39 Å². The smallest absolute Gasteiger partial charge is 0.243 e. The van der Waals surface area contributed by atoms with Gasteiger partial charge in [-0.3, -0.25) is 4.79 Å². The van der Waals surface area contributed by atoms with E-state index in [2.05, 4.69) is 0 Å². The van der Waals surface area contributed by atoms with E-state index in [0.717, 1.165) is 5.56 Å². The Hall–Kier alpha value is -1.21. The number of halogens is 2. The molecular formula is C16H22ClFN2O3. The van der Waals surface area contributed by atoms with E-state index >= 15 is 0 Å². The number of nitrogens with two attached hydrogens (primary N) is 1. The molecule has 3 rings (SSSR count). The first kappa shape index (κ1) is 18.1. The highest BCUT2D eigenvalue weighted by molar-refractivity contribution is 5.86. The van der Waals surface area contributed by atoms with Crippen molar-refractivity contribution in [2.24, 2.45) is 5.73 Å². The minimum absolute atomic E-state index is 0. The maximum atomic E-state index is 13.0. The Morgan fingerprint density at radius 3 is 2.52 bits per heavy atom. The van der Waals surface area contributed by atoms with Gasteiger partial charge in [0.2, 0.25) is 5.91 Å². The Bertz CT molecular complexity index is 535. The van der Waals surface area contributed by atoms with Gasteiger partial charge in [-0.05, 0) is 30.5 Å². The molecule has 23 heavy (non-hydrogen) atoms. The van der Waals surface area contributed by atoms with Gasteiger partial charge >= 0.3 is 0 Å². The highest BCUT2D eigenvalue weighted by Crippen LogP contribution is 2.26. The quantitative estimate of drug-likeness (QED) is 0.886. The largest absolute Gasteiger partial charge is 0.381 e. The molecule has 2 heterocycles. The molecular weight excluding hydrogens is 323 g/mol. The second-order valence-corrected chi connectivity index (χ2v) is 5.93. The molecule has 2 aliphatic heterocycles. The molecule has 2 saturated heterocycles. The monoisotopic (exact) mass is 344 g/mol. The standard InChI is InChI=1S/C16H21FN2O3.ClH/c17-13-3-1-12(2-4-13)14-11-19(7-10-22-14)15(20)16(18)5-8-21-9-6-16;/h1-4,14H,5-11,18H2;1H. The van der Waals surface area contributed by atoms with Crippen LogP contribution < -0.4 is 5.73 Å². The third-order valence-electron chi connectivity index (χ3n) is 4.41. The molecule has 0 radical (unpaired) electrons. The molecule has 128 valence electrons. The summed E-state index contributed by atoms with van der Waals surface area (Å²) in [4.78, 5) is 14.5. The van der Waals surface area contributed by atoms with Crippen LogP contribution in [0, 0.1) is 5.82 Å². The van der Waals surface area contributed by atoms with Crippen LogP contribution in [-0.2, 0) is 14.3 Å². The predicted molar refractivity (Wildman–Crippen MR) is 85.9 cm³/mol. The minimum atomic E-state index is -0.830. The maximum absolute atomic E-state index is 13.0. The van der Waals surface area contributed by atoms with Crippen LogP contribution in [0.3, 0.4) is 0 Å². The zero-order valence-corrected chi connectivity index (χ0v) is 13.7. The van der Waals surface area contributed by atoms with Crippen LogP contribution in [0.15, 0.2) is 24.3 Å². The molecule has 1 aromatic rings. The van der Waals surface area contributed by atoms with Crippen LogP contribution in [0.1, 0.15) is 24.5 Å². The summed E-state index contributed by atoms with van der Waals surface area (Å²) in [6.07, 6.45) is 0.858. The fourth-order valence-corrected chi connectivity index (χ4v) is 2.98. The summed E-state index contributed by atoms with van der Waals surface area (Å²) in [6.45, 7) is 2.49. The Morgan fingerprint density at radius 1 is 1.22 bits per heavy atom. The molecule has 0 aromatic heterocycles. The highest BCUT2D eigenvalue weighted by Gasteiger charge is 2.40. The summed E-state index contributed by atoms with van der Waals surface area (Å²) in [7, 11) is 0. The molecule has 0 spiro atoms. The summed E-state index contributed by atoms with van der Waals surface area (Å²) < 4.78 is 24.0. The van der Waals surface area contributed by atoms with Crippen molar-refractivity contribution in [3.05, 3.63) is 35.6 Å². The number of morpholine rings is 1. The number of rotatable bonds is 2. The van der Waals surface area contributed by atoms with Gasteiger partial charge in [-0.2, -0.15) is 0 Å². The van der Waals surface area contributed by atoms with Crippen molar-refractivity contribution >= 4 is 18.3 Å². The lowest BCUT2D eigenvalue weighted by atomic mass is 9.89. The van der Waals surface area contributed by atoms with Crippen molar-refractivity contribution < 1.29 is 18.7 Å². The highest BCUT2D eigenvalue weighted by atomic mass is 35.5. The normalized spacial score (nSPS) is 23.9. The van der Waals surface area contributed by atoms with Crippen molar-refractivity contribution in [3.8, 4) is 0 Å². The first-order valence-corrected chi connectivity index (χ1v) is 7.61. The summed E-state index contributed by atoms with van der Waals surface area (Å²) >= 11 is 0. The predicted octanol–water partition coefficient (Wildman–Crippen LogP) is 1.66. The van der Waals surface area contributed by atoms with Gasteiger partial charge in [-0.1, -0.05) is 12.1 Å². The number of ether oxygens (including phenoxy) is 2. The number of hydrogen-bond donors (Lipinski definition) is 1. The van der Waals surface area contributed by atoms with Gasteiger partial charge in [-0.25, -0.2) is 4.39 Å². The summed E-state index contributed by atoms with van der Waals surface area (Å²) in [5.41, 5.74) is 6.32. The number of carbonyl (C=O) groups excluding carboxylic acids is 1. The van der Waals surface area contributed by atoms with Gasteiger partial charge in [0.05, 0.1) is 18.7 Å². The number of benzene rings is 1. The third-order valence-corrected chi connectivity index (χ3v) is 4.41. The zero-order valence-electron chi connectivity index (χ0n) is 12.9. The van der Waals surface area contributed by atoms with Crippen molar-refractivity contribution in [3.63, 3.8) is 0 Å². The van der Waals surface area contributed by atoms with E-state index in [1.165, 1.54) is 12.1 Å². The molecule has 5 nitrogen and oxygen atoms in total. The van der Waals surface area contributed by atoms with Crippen LogP contribution in [-0.4, -0.2) is 49.3 Å². The van der Waals surface area contributed by atoms with E-state index in [1.54, 1.807) is 17.0 Å². The van der Waals surface area contributed by atoms with E-state index in [-0.39, 0.29) is 30.2 Å². The second kappa shape index (κ2) is 7.57. The fraction of sp³-hybridized carbons (Fsp3) is 0.562. The molecule has 1 amide bonds. The Labute approximate surface area is 141 Å². The molecule has 1 unspecified atom stereocenters. The summed E-state index contributed by atoms with van der Waals surface area (Å²) in [5.74, 6) is -0.318. The second-order valence-electron chi connectivity index (χ2n) is 5.93. The van der Waals surface area contributed by atoms with Crippen molar-refractivity contribution in [1.29, 1.82) is 0 Å². The van der Waals surface area contributed by atoms with Crippen LogP contribution in [0.25, 0.3) is 0 Å². The number of carbonyl (C=O) groups is 1. The zero-order chi connectivity index (χ0) is 15.6. The first-order valence-electron chi connectivity index (χ1n) is 7.61. The van der Waals surface area contributed by atoms with E-state index in [1.807, 2.05) is 0 Å². The van der Waals surface area contributed by atoms with Crippen LogP contribution in [0.5, 0.6) is 0 Å². The topological polar surface area (TPSA) is 64.8 Å². The van der Waals surface area contributed by atoms with Gasteiger partial charge < -0.3 is 20.1 Å². The molecule has 1 aromatic carbocycles. The Kier molecular flexibility index (Phi) is 5.97. The van der Waals surface area contributed by atoms with E-state index in [0.29, 0.717) is 45.8 Å². The average Bonchev–Trinajstić information content (AvgIpc) is 2.56. The van der Waals surface area contributed by atoms with Gasteiger partial charge in [-0.15, -0.1) is 12.4 Å². The molecule has 0 aliphatic carbocycles. The molecule has 2 aliphatic rings. The maximum Gasteiger partial charge on any atom is 0.243 e. The molecule has 7 heteroatoms. The minimum Gasteiger partial charge on any atom is -0.381 e. The SMILES string of the molecule is Cl.NC1(C(=O)N2CCOC(c3ccc(F)cc3)C2)CCOCC1. The summed E-state index contributed by atoms with van der Waals surface area (Å²) in [5, 5.41) is 0. The van der Waals surface area contributed by atoms with E-state index < -0.39 is 5.54 Å². The molecule has 2 N–H and O–H groups in total. The van der Waals surface area contributed by atoms with Gasteiger partial charge in [0.25, 0.3) is 0 Å². The van der Waals surface area contributed by atoms with Crippen molar-refractivity contribution in [1.82, 2.24) is 4.90 Å². The fourth-order valence-electron chi connectivity index (χ4n) is 2.98. The Morgan fingerprint density at radius 2 is 1.87 bits per heavy atom. The Balaban J connectivity index is 0.00000192. The molecule has 0 saturated carbocycles. The van der Waals surface area contributed by atoms with E-state index in [9.17, 15) is 9.18 Å². The van der Waals surface area contributed by atoms with Gasteiger partial charge in [0.1, 0.15) is 11.9 Å². The molecule has 2 fully saturated rings. The molecule has 0 bridgehead atoms. The molecule has 1 atom stereocenters. The third kappa shape index (κ3) is 4.01. The van der Waals surface area contributed by atoms with Crippen molar-refractivity contribution in [2.45, 2.75) is 24.5 Å².